The van der Waals surface area contributed by atoms with Gasteiger partial charge in [0, 0.05) is 19.6 Å². The lowest BCUT2D eigenvalue weighted by Crippen LogP contribution is -2.55. The third-order valence-corrected chi connectivity index (χ3v) is 12.2. The number of nitrogens with zero attached hydrogens (tertiary/aromatic N) is 2. The lowest BCUT2D eigenvalue weighted by atomic mass is 10.00. The fourth-order valence-electron chi connectivity index (χ4n) is 8.10. The molecule has 344 valence electrons. The summed E-state index contributed by atoms with van der Waals surface area (Å²) in [6.07, 6.45) is 0. The molecule has 4 aromatic rings. The van der Waals surface area contributed by atoms with Gasteiger partial charge in [0.05, 0.1) is 17.8 Å². The number of fused-ring (bicyclic) bond motifs is 2. The third kappa shape index (κ3) is 11.0. The van der Waals surface area contributed by atoms with E-state index in [-0.39, 0.29) is 67.6 Å². The molecule has 0 fully saturated rings. The molecule has 0 radical (unpaired) electrons. The summed E-state index contributed by atoms with van der Waals surface area (Å²) >= 11 is 0. The minimum absolute atomic E-state index is 0.0865. The largest absolute Gasteiger partial charge is 0.487 e. The molecular weight excluding hydrogens is 825 g/mol. The lowest BCUT2D eigenvalue weighted by molar-refractivity contribution is -0.144. The molecule has 4 aromatic carbocycles. The van der Waals surface area contributed by atoms with Gasteiger partial charge in [0.1, 0.15) is 36.5 Å². The van der Waals surface area contributed by atoms with Gasteiger partial charge in [0.25, 0.3) is 5.91 Å². The fraction of sp³-hybridized carbons (Fsp3) is 0.400. The van der Waals surface area contributed by atoms with Crippen molar-refractivity contribution < 1.29 is 33.5 Å². The van der Waals surface area contributed by atoms with E-state index in [9.17, 15) is 28.8 Å². The van der Waals surface area contributed by atoms with Crippen LogP contribution in [0.4, 0.5) is 5.69 Å². The number of nitrogens with one attached hydrogen (secondary N) is 6. The monoisotopic (exact) mass is 886 g/mol. The molecule has 65 heavy (non-hydrogen) atoms. The number of anilines is 1. The number of amides is 6. The first-order valence-electron chi connectivity index (χ1n) is 22.2. The smallest absolute Gasteiger partial charge is 0.251 e. The zero-order valence-corrected chi connectivity index (χ0v) is 38.4. The summed E-state index contributed by atoms with van der Waals surface area (Å²) in [5.74, 6) is -2.28. The van der Waals surface area contributed by atoms with Crippen molar-refractivity contribution in [3.8, 4) is 5.75 Å². The minimum Gasteiger partial charge on any atom is -0.487 e. The first-order chi connectivity index (χ1) is 31.1. The Hall–Kier alpha value is -6.58. The quantitative estimate of drug-likeness (QED) is 0.0837. The number of hydrogen-bond acceptors (Lipinski definition) is 9. The first-order valence-corrected chi connectivity index (χ1v) is 22.2. The van der Waals surface area contributed by atoms with Crippen LogP contribution in [-0.4, -0.2) is 83.5 Å². The summed E-state index contributed by atoms with van der Waals surface area (Å²) in [6, 6.07) is 24.9. The Kier molecular flexibility index (Phi) is 15.8. The Morgan fingerprint density at radius 2 is 1.12 bits per heavy atom. The van der Waals surface area contributed by atoms with Crippen molar-refractivity contribution in [1.29, 1.82) is 0 Å². The van der Waals surface area contributed by atoms with Gasteiger partial charge in [-0.15, -0.1) is 0 Å². The second-order valence-corrected chi connectivity index (χ2v) is 17.4. The fourth-order valence-corrected chi connectivity index (χ4v) is 8.10. The maximum atomic E-state index is 14.4. The van der Waals surface area contributed by atoms with E-state index in [1.54, 1.807) is 52.2 Å². The van der Waals surface area contributed by atoms with Crippen LogP contribution in [0.15, 0.2) is 97.1 Å². The number of benzene rings is 4. The first kappa shape index (κ1) is 47.9. The summed E-state index contributed by atoms with van der Waals surface area (Å²) in [6.45, 7) is 11.5. The Balaban J connectivity index is 1.21. The highest BCUT2D eigenvalue weighted by Crippen LogP contribution is 2.38. The second-order valence-electron chi connectivity index (χ2n) is 17.4. The van der Waals surface area contributed by atoms with Crippen molar-refractivity contribution >= 4 is 41.1 Å². The van der Waals surface area contributed by atoms with Crippen LogP contribution in [0.3, 0.4) is 0 Å². The number of carbonyl (C=O) groups excluding carboxylic acids is 6. The van der Waals surface area contributed by atoms with Crippen molar-refractivity contribution in [1.82, 2.24) is 36.4 Å². The lowest BCUT2D eigenvalue weighted by Gasteiger charge is -2.31. The van der Waals surface area contributed by atoms with Gasteiger partial charge in [-0.2, -0.15) is 0 Å². The molecule has 15 heteroatoms. The summed E-state index contributed by atoms with van der Waals surface area (Å²) in [7, 11) is 3.34. The molecule has 2 aliphatic heterocycles. The predicted octanol–water partition coefficient (Wildman–Crippen LogP) is 4.48. The number of rotatable bonds is 18. The second kappa shape index (κ2) is 21.4. The van der Waals surface area contributed by atoms with Crippen LogP contribution >= 0.6 is 0 Å². The van der Waals surface area contributed by atoms with Gasteiger partial charge in [0.15, 0.2) is 0 Å². The predicted molar refractivity (Wildman–Crippen MR) is 248 cm³/mol. The molecule has 6 atom stereocenters. The maximum absolute atomic E-state index is 14.4. The van der Waals surface area contributed by atoms with Crippen molar-refractivity contribution in [2.24, 2.45) is 11.8 Å². The molecule has 0 saturated heterocycles. The topological polar surface area (TPSA) is 190 Å². The highest BCUT2D eigenvalue weighted by atomic mass is 16.5. The molecule has 6 N–H and O–H groups in total. The van der Waals surface area contributed by atoms with E-state index < -0.39 is 42.2 Å². The molecule has 15 nitrogen and oxygen atoms in total. The third-order valence-electron chi connectivity index (χ3n) is 12.2. The number of carbonyl (C=O) groups is 6. The van der Waals surface area contributed by atoms with Gasteiger partial charge >= 0.3 is 0 Å². The SMILES string of the molecule is CNC(C)C(=O)NC(C(=O)N1Cc2cc(COc3ccccc3NC(=O)C3c4ccccc4CN3C(=O)C(NC(=O)C(C)NC)C(C)C)ccc2C1C(=O)NCc1ccccc1)C(C)C. The normalized spacial score (nSPS) is 17.1. The van der Waals surface area contributed by atoms with E-state index in [1.807, 2.05) is 100 Å². The molecule has 0 bridgehead atoms. The standard InChI is InChI=1S/C50H62N8O7/c1-29(2)41(55-45(59)31(5)51-7)49(63)57-26-35-18-12-13-19-37(35)44(57)48(62)54-39-20-14-15-21-40(39)65-28-34-22-23-38-36(24-34)27-58(43(38)47(61)53-25-33-16-10-9-11-17-33)50(64)42(30(3)4)56-46(60)32(6)52-8/h9-24,29-32,41-44,51-52H,25-28H2,1-8H3,(H,53,61)(H,54,62)(H,55,59)(H,56,60). The van der Waals surface area contributed by atoms with Gasteiger partial charge in [-0.05, 0) is 85.3 Å². The summed E-state index contributed by atoms with van der Waals surface area (Å²) in [4.78, 5) is 86.0. The Labute approximate surface area is 381 Å². The zero-order chi connectivity index (χ0) is 46.9. The summed E-state index contributed by atoms with van der Waals surface area (Å²) in [5, 5.41) is 17.6. The number of ether oxygens (including phenoxy) is 1. The van der Waals surface area contributed by atoms with Crippen LogP contribution in [-0.2, 0) is 55.0 Å². The van der Waals surface area contributed by atoms with Gasteiger partial charge in [-0.25, -0.2) is 0 Å². The highest BCUT2D eigenvalue weighted by Gasteiger charge is 2.44. The van der Waals surface area contributed by atoms with Gasteiger partial charge in [-0.3, -0.25) is 28.8 Å². The van der Waals surface area contributed by atoms with Crippen molar-refractivity contribution in [2.75, 3.05) is 19.4 Å². The van der Waals surface area contributed by atoms with E-state index in [4.69, 9.17) is 4.74 Å². The number of hydrogen-bond donors (Lipinski definition) is 6. The Morgan fingerprint density at radius 1 is 0.600 bits per heavy atom. The number of likely N-dealkylation sites (N-methyl/N-ethyl adjacent to an activating group) is 2. The van der Waals surface area contributed by atoms with E-state index in [0.29, 0.717) is 22.6 Å². The van der Waals surface area contributed by atoms with Crippen LogP contribution in [0.25, 0.3) is 0 Å². The summed E-state index contributed by atoms with van der Waals surface area (Å²) < 4.78 is 6.36. The molecule has 6 unspecified atom stereocenters. The average molecular weight is 887 g/mol. The van der Waals surface area contributed by atoms with Crippen LogP contribution in [0.1, 0.15) is 87.0 Å². The van der Waals surface area contributed by atoms with E-state index in [2.05, 4.69) is 31.9 Å². The molecule has 2 heterocycles. The Morgan fingerprint density at radius 3 is 1.72 bits per heavy atom. The zero-order valence-electron chi connectivity index (χ0n) is 38.4. The Bertz CT molecular complexity index is 2370. The van der Waals surface area contributed by atoms with Crippen LogP contribution < -0.4 is 36.6 Å². The maximum Gasteiger partial charge on any atom is 0.251 e. The van der Waals surface area contributed by atoms with E-state index in [0.717, 1.165) is 22.3 Å². The van der Waals surface area contributed by atoms with Crippen molar-refractivity contribution in [2.45, 2.75) is 104 Å². The van der Waals surface area contributed by atoms with Gasteiger partial charge in [-0.1, -0.05) is 113 Å². The van der Waals surface area contributed by atoms with Gasteiger partial charge < -0.3 is 46.4 Å². The molecule has 2 aliphatic rings. The molecule has 0 spiro atoms. The minimum atomic E-state index is -0.970. The van der Waals surface area contributed by atoms with Gasteiger partial charge in [0.2, 0.25) is 29.5 Å². The van der Waals surface area contributed by atoms with Crippen LogP contribution in [0.5, 0.6) is 5.75 Å². The molecule has 6 amide bonds. The summed E-state index contributed by atoms with van der Waals surface area (Å²) in [5.41, 5.74) is 5.03. The molecule has 0 aliphatic carbocycles. The van der Waals surface area contributed by atoms with E-state index >= 15 is 0 Å². The molecule has 6 rings (SSSR count). The van der Waals surface area contributed by atoms with Crippen LogP contribution in [0, 0.1) is 11.8 Å². The molecule has 0 saturated carbocycles. The highest BCUT2D eigenvalue weighted by molar-refractivity contribution is 6.01. The molecular formula is C50H62N8O7. The van der Waals surface area contributed by atoms with Crippen molar-refractivity contribution in [3.63, 3.8) is 0 Å². The van der Waals surface area contributed by atoms with Crippen molar-refractivity contribution in [3.05, 3.63) is 130 Å². The van der Waals surface area contributed by atoms with E-state index in [1.165, 1.54) is 9.80 Å². The average Bonchev–Trinajstić information content (AvgIpc) is 3.89. The molecule has 0 aromatic heterocycles. The number of para-hydroxylation sites is 2. The van der Waals surface area contributed by atoms with Crippen LogP contribution in [0.2, 0.25) is 0 Å².